The van der Waals surface area contributed by atoms with E-state index in [0.717, 1.165) is 12.8 Å². The second-order valence-corrected chi connectivity index (χ2v) is 9.65. The number of halogens is 1. The van der Waals surface area contributed by atoms with Crippen LogP contribution in [0, 0.1) is 23.2 Å². The first kappa shape index (κ1) is 26.2. The van der Waals surface area contributed by atoms with Crippen LogP contribution in [0.4, 0.5) is 9.18 Å². The van der Waals surface area contributed by atoms with Crippen molar-refractivity contribution in [3.05, 3.63) is 24.1 Å². The van der Waals surface area contributed by atoms with Crippen LogP contribution in [0.3, 0.4) is 0 Å². The van der Waals surface area contributed by atoms with Crippen LogP contribution in [0.5, 0.6) is 0 Å². The minimum absolute atomic E-state index is 0.000719. The molecule has 0 heterocycles. The van der Waals surface area contributed by atoms with Crippen LogP contribution in [0.15, 0.2) is 24.1 Å². The molecule has 1 aliphatic carbocycles. The van der Waals surface area contributed by atoms with E-state index in [-0.39, 0.29) is 23.1 Å². The van der Waals surface area contributed by atoms with Crippen LogP contribution in [0.2, 0.25) is 0 Å². The van der Waals surface area contributed by atoms with Gasteiger partial charge in [0.25, 0.3) is 0 Å². The lowest BCUT2D eigenvalue weighted by Gasteiger charge is -2.46. The third-order valence-corrected chi connectivity index (χ3v) is 6.16. The van der Waals surface area contributed by atoms with Gasteiger partial charge in [-0.25, -0.2) is 14.0 Å². The van der Waals surface area contributed by atoms with Gasteiger partial charge in [-0.3, -0.25) is 0 Å². The zero-order valence-electron chi connectivity index (χ0n) is 20.0. The summed E-state index contributed by atoms with van der Waals surface area (Å²) in [5, 5.41) is 2.53. The first-order chi connectivity index (χ1) is 13.7. The number of ether oxygens (including phenoxy) is 2. The molecule has 5 nitrogen and oxygen atoms in total. The van der Waals surface area contributed by atoms with Gasteiger partial charge in [-0.05, 0) is 64.0 Å². The summed E-state index contributed by atoms with van der Waals surface area (Å²) >= 11 is 0. The molecule has 0 saturated carbocycles. The Balaban J connectivity index is 2.98. The van der Waals surface area contributed by atoms with E-state index in [4.69, 9.17) is 9.47 Å². The Morgan fingerprint density at radius 1 is 1.23 bits per heavy atom. The van der Waals surface area contributed by atoms with Gasteiger partial charge in [0.15, 0.2) is 0 Å². The smallest absolute Gasteiger partial charge is 0.408 e. The highest BCUT2D eigenvalue weighted by Gasteiger charge is 2.45. The molecule has 0 aromatic carbocycles. The van der Waals surface area contributed by atoms with Crippen LogP contribution >= 0.6 is 0 Å². The molecule has 1 aliphatic rings. The van der Waals surface area contributed by atoms with Gasteiger partial charge >= 0.3 is 12.1 Å². The monoisotopic (exact) mass is 425 g/mol. The van der Waals surface area contributed by atoms with Gasteiger partial charge in [0, 0.05) is 5.92 Å². The van der Waals surface area contributed by atoms with Gasteiger partial charge in [0.1, 0.15) is 23.6 Å². The number of amides is 1. The summed E-state index contributed by atoms with van der Waals surface area (Å²) in [7, 11) is 0. The number of esters is 1. The van der Waals surface area contributed by atoms with Crippen molar-refractivity contribution >= 4 is 12.1 Å². The third-order valence-electron chi connectivity index (χ3n) is 6.16. The molecule has 30 heavy (non-hydrogen) atoms. The fourth-order valence-corrected chi connectivity index (χ4v) is 4.39. The molecule has 0 aromatic heterocycles. The number of alkyl carbamates (subject to hydrolysis) is 1. The van der Waals surface area contributed by atoms with Crippen molar-refractivity contribution in [3.63, 3.8) is 0 Å². The zero-order valence-corrected chi connectivity index (χ0v) is 20.0. The van der Waals surface area contributed by atoms with E-state index < -0.39 is 29.8 Å². The van der Waals surface area contributed by atoms with Crippen molar-refractivity contribution in [2.75, 3.05) is 0 Å². The lowest BCUT2D eigenvalue weighted by atomic mass is 9.60. The van der Waals surface area contributed by atoms with Gasteiger partial charge < -0.3 is 14.8 Å². The maximum absolute atomic E-state index is 13.8. The van der Waals surface area contributed by atoms with E-state index >= 15 is 0 Å². The molecule has 0 bridgehead atoms. The second-order valence-electron chi connectivity index (χ2n) is 9.65. The highest BCUT2D eigenvalue weighted by Crippen LogP contribution is 2.48. The molecule has 6 heteroatoms. The number of carbonyl (C=O) groups excluding carboxylic acids is 2. The average Bonchev–Trinajstić information content (AvgIpc) is 2.61. The Morgan fingerprint density at radius 2 is 1.80 bits per heavy atom. The summed E-state index contributed by atoms with van der Waals surface area (Å²) < 4.78 is 24.8. The number of allylic oxidation sites excluding steroid dienone is 4. The fraction of sp³-hybridized carbons (Fsp3) is 0.750. The Bertz CT molecular complexity index is 663. The predicted molar refractivity (Wildman–Crippen MR) is 118 cm³/mol. The summed E-state index contributed by atoms with van der Waals surface area (Å²) in [5.41, 5.74) is -1.00. The maximum Gasteiger partial charge on any atom is 0.408 e. The van der Waals surface area contributed by atoms with Crippen LogP contribution in [0.1, 0.15) is 75.2 Å². The van der Waals surface area contributed by atoms with Crippen LogP contribution in [-0.2, 0) is 14.3 Å². The lowest BCUT2D eigenvalue weighted by Crippen LogP contribution is -2.47. The van der Waals surface area contributed by atoms with Crippen LogP contribution < -0.4 is 5.32 Å². The number of hydrogen-bond donors (Lipinski definition) is 1. The Hall–Kier alpha value is -1.85. The first-order valence-electron chi connectivity index (χ1n) is 11.0. The molecule has 0 aromatic rings. The highest BCUT2D eigenvalue weighted by molar-refractivity contribution is 5.81. The summed E-state index contributed by atoms with van der Waals surface area (Å²) in [4.78, 5) is 24.7. The van der Waals surface area contributed by atoms with Crippen LogP contribution in [-0.4, -0.2) is 29.8 Å². The van der Waals surface area contributed by atoms with Crippen molar-refractivity contribution in [1.82, 2.24) is 5.32 Å². The van der Waals surface area contributed by atoms with Crippen molar-refractivity contribution < 1.29 is 23.5 Å². The SMILES string of the molecule is CCC(CC)[C@@H]([C@H](C)OC(=O)[C@H](C)NC(=O)OC(C)(C)C)C1(C)C=CC(F)=CC1C. The standard InChI is InChI=1S/C24H40FNO4/c1-10-18(11-2)20(24(9)13-12-19(25)14-15(24)3)17(5)29-21(27)16(4)26-22(28)30-23(6,7)8/h12-18,20H,10-11H2,1-9H3,(H,26,28)/t15?,16-,17-,20+,24?/m0/s1. The molecule has 1 rings (SSSR count). The Labute approximate surface area is 181 Å². The van der Waals surface area contributed by atoms with Gasteiger partial charge in [-0.1, -0.05) is 46.6 Å². The molecule has 5 atom stereocenters. The van der Waals surface area contributed by atoms with Crippen molar-refractivity contribution in [2.24, 2.45) is 23.2 Å². The molecular weight excluding hydrogens is 385 g/mol. The largest absolute Gasteiger partial charge is 0.461 e. The fourth-order valence-electron chi connectivity index (χ4n) is 4.39. The van der Waals surface area contributed by atoms with Gasteiger partial charge in [-0.15, -0.1) is 0 Å². The minimum atomic E-state index is -0.839. The quantitative estimate of drug-likeness (QED) is 0.488. The summed E-state index contributed by atoms with van der Waals surface area (Å²) in [6.45, 7) is 17.1. The first-order valence-corrected chi connectivity index (χ1v) is 11.0. The molecular formula is C24H40FNO4. The van der Waals surface area contributed by atoms with Crippen molar-refractivity contribution in [1.29, 1.82) is 0 Å². The Morgan fingerprint density at radius 3 is 2.27 bits per heavy atom. The molecule has 1 amide bonds. The van der Waals surface area contributed by atoms with E-state index in [1.807, 2.05) is 19.9 Å². The summed E-state index contributed by atoms with van der Waals surface area (Å²) in [5.74, 6) is -0.480. The second kappa shape index (κ2) is 10.5. The molecule has 2 unspecified atom stereocenters. The van der Waals surface area contributed by atoms with Gasteiger partial charge in [0.2, 0.25) is 0 Å². The molecule has 1 N–H and O–H groups in total. The molecule has 0 radical (unpaired) electrons. The topological polar surface area (TPSA) is 64.6 Å². The minimum Gasteiger partial charge on any atom is -0.461 e. The average molecular weight is 426 g/mol. The molecule has 0 saturated heterocycles. The number of rotatable bonds is 8. The summed E-state index contributed by atoms with van der Waals surface area (Å²) in [6.07, 6.45) is 5.86. The number of carbonyl (C=O) groups is 2. The molecule has 0 spiro atoms. The van der Waals surface area contributed by atoms with Crippen molar-refractivity contribution in [2.45, 2.75) is 92.9 Å². The van der Waals surface area contributed by atoms with Gasteiger partial charge in [0.05, 0.1) is 0 Å². The van der Waals surface area contributed by atoms with E-state index in [2.05, 4.69) is 26.1 Å². The summed E-state index contributed by atoms with van der Waals surface area (Å²) in [6, 6.07) is -0.839. The zero-order chi connectivity index (χ0) is 23.3. The van der Waals surface area contributed by atoms with Crippen LogP contribution in [0.25, 0.3) is 0 Å². The van der Waals surface area contributed by atoms with E-state index in [9.17, 15) is 14.0 Å². The van der Waals surface area contributed by atoms with E-state index in [1.54, 1.807) is 33.8 Å². The van der Waals surface area contributed by atoms with E-state index in [1.165, 1.54) is 6.08 Å². The Kier molecular flexibility index (Phi) is 9.12. The third kappa shape index (κ3) is 6.85. The van der Waals surface area contributed by atoms with Crippen molar-refractivity contribution in [3.8, 4) is 0 Å². The van der Waals surface area contributed by atoms with Gasteiger partial charge in [-0.2, -0.15) is 0 Å². The molecule has 0 aliphatic heterocycles. The predicted octanol–water partition coefficient (Wildman–Crippen LogP) is 5.95. The highest BCUT2D eigenvalue weighted by atomic mass is 19.1. The molecule has 172 valence electrons. The maximum atomic E-state index is 13.8. The molecule has 0 fully saturated rings. The number of hydrogen-bond acceptors (Lipinski definition) is 4. The number of nitrogens with one attached hydrogen (secondary N) is 1. The normalized spacial score (nSPS) is 24.6. The van der Waals surface area contributed by atoms with E-state index in [0.29, 0.717) is 5.92 Å². The lowest BCUT2D eigenvalue weighted by molar-refractivity contribution is -0.157.